The van der Waals surface area contributed by atoms with Crippen molar-refractivity contribution in [3.05, 3.63) is 35.4 Å². The molecular weight excluding hydrogens is 236 g/mol. The Kier molecular flexibility index (Phi) is 4.28. The van der Waals surface area contributed by atoms with Gasteiger partial charge in [0.25, 0.3) is 0 Å². The van der Waals surface area contributed by atoms with Crippen LogP contribution in [0.15, 0.2) is 24.3 Å². The largest absolute Gasteiger partial charge is 0.465 e. The van der Waals surface area contributed by atoms with Crippen LogP contribution in [0.25, 0.3) is 0 Å². The molecular formula is C17H24O2. The summed E-state index contributed by atoms with van der Waals surface area (Å²) in [4.78, 5) is 12.5. The van der Waals surface area contributed by atoms with Gasteiger partial charge < -0.3 is 4.74 Å². The van der Waals surface area contributed by atoms with Gasteiger partial charge in [0.2, 0.25) is 0 Å². The fourth-order valence-corrected chi connectivity index (χ4v) is 3.01. The minimum Gasteiger partial charge on any atom is -0.465 e. The molecule has 2 rings (SSSR count). The van der Waals surface area contributed by atoms with E-state index < -0.39 is 5.41 Å². The molecule has 0 aromatic heterocycles. The summed E-state index contributed by atoms with van der Waals surface area (Å²) in [6.45, 7) is 6.68. The molecule has 0 aliphatic heterocycles. The molecule has 104 valence electrons. The van der Waals surface area contributed by atoms with E-state index in [1.54, 1.807) is 0 Å². The summed E-state index contributed by atoms with van der Waals surface area (Å²) in [6.07, 6.45) is 4.03. The molecule has 1 aliphatic rings. The van der Waals surface area contributed by atoms with Crippen LogP contribution in [-0.4, -0.2) is 12.6 Å². The quantitative estimate of drug-likeness (QED) is 0.768. The maximum atomic E-state index is 12.5. The zero-order chi connectivity index (χ0) is 13.9. The number of hydrogen-bond donors (Lipinski definition) is 0. The molecule has 0 spiro atoms. The molecule has 0 atom stereocenters. The van der Waals surface area contributed by atoms with E-state index in [-0.39, 0.29) is 5.97 Å². The first-order valence-corrected chi connectivity index (χ1v) is 7.33. The standard InChI is InChI=1S/C17H24O2/c1-4-19-16(18)17(11-9-14(3)10-12-17)15-7-5-13(2)6-8-15/h5-8,14H,4,9-12H2,1-3H3. The van der Waals surface area contributed by atoms with E-state index >= 15 is 0 Å². The summed E-state index contributed by atoms with van der Waals surface area (Å²) in [5.74, 6) is 0.679. The van der Waals surface area contributed by atoms with Crippen LogP contribution < -0.4 is 0 Å². The van der Waals surface area contributed by atoms with E-state index in [0.29, 0.717) is 12.5 Å². The van der Waals surface area contributed by atoms with Crippen molar-refractivity contribution in [1.29, 1.82) is 0 Å². The number of carbonyl (C=O) groups is 1. The van der Waals surface area contributed by atoms with Crippen molar-refractivity contribution in [2.45, 2.75) is 51.9 Å². The smallest absolute Gasteiger partial charge is 0.316 e. The van der Waals surface area contributed by atoms with Crippen molar-refractivity contribution in [2.75, 3.05) is 6.61 Å². The van der Waals surface area contributed by atoms with Gasteiger partial charge in [-0.15, -0.1) is 0 Å². The van der Waals surface area contributed by atoms with Crippen molar-refractivity contribution in [2.24, 2.45) is 5.92 Å². The Morgan fingerprint density at radius 3 is 2.37 bits per heavy atom. The van der Waals surface area contributed by atoms with Crippen LogP contribution in [0.1, 0.15) is 50.7 Å². The van der Waals surface area contributed by atoms with E-state index in [0.717, 1.165) is 31.2 Å². The second-order valence-corrected chi connectivity index (χ2v) is 5.85. The average Bonchev–Trinajstić information content (AvgIpc) is 2.41. The molecule has 19 heavy (non-hydrogen) atoms. The zero-order valence-electron chi connectivity index (χ0n) is 12.2. The lowest BCUT2D eigenvalue weighted by molar-refractivity contribution is -0.152. The van der Waals surface area contributed by atoms with Gasteiger partial charge in [-0.1, -0.05) is 36.8 Å². The monoisotopic (exact) mass is 260 g/mol. The SMILES string of the molecule is CCOC(=O)C1(c2ccc(C)cc2)CCC(C)CC1. The molecule has 1 aromatic carbocycles. The first kappa shape index (κ1) is 14.1. The summed E-state index contributed by atoms with van der Waals surface area (Å²) in [5, 5.41) is 0. The van der Waals surface area contributed by atoms with Crippen molar-refractivity contribution in [1.82, 2.24) is 0 Å². The van der Waals surface area contributed by atoms with Crippen molar-refractivity contribution < 1.29 is 9.53 Å². The highest BCUT2D eigenvalue weighted by molar-refractivity contribution is 5.83. The van der Waals surface area contributed by atoms with Crippen molar-refractivity contribution in [3.63, 3.8) is 0 Å². The Labute approximate surface area is 116 Å². The fourth-order valence-electron chi connectivity index (χ4n) is 3.01. The molecule has 0 unspecified atom stereocenters. The Balaban J connectivity index is 2.33. The second kappa shape index (κ2) is 5.77. The molecule has 2 nitrogen and oxygen atoms in total. The third kappa shape index (κ3) is 2.83. The third-order valence-electron chi connectivity index (χ3n) is 4.40. The van der Waals surface area contributed by atoms with Gasteiger partial charge in [0, 0.05) is 0 Å². The molecule has 1 aromatic rings. The van der Waals surface area contributed by atoms with E-state index in [2.05, 4.69) is 38.1 Å². The lowest BCUT2D eigenvalue weighted by Gasteiger charge is -2.37. The summed E-state index contributed by atoms with van der Waals surface area (Å²) < 4.78 is 5.37. The van der Waals surface area contributed by atoms with Gasteiger partial charge >= 0.3 is 5.97 Å². The van der Waals surface area contributed by atoms with E-state index in [9.17, 15) is 4.79 Å². The first-order valence-electron chi connectivity index (χ1n) is 7.33. The summed E-state index contributed by atoms with van der Waals surface area (Å²) in [7, 11) is 0. The maximum absolute atomic E-state index is 12.5. The van der Waals surface area contributed by atoms with Gasteiger partial charge in [-0.25, -0.2) is 0 Å². The Bertz CT molecular complexity index is 425. The van der Waals surface area contributed by atoms with Gasteiger partial charge in [0.05, 0.1) is 12.0 Å². The molecule has 0 N–H and O–H groups in total. The van der Waals surface area contributed by atoms with Crippen LogP contribution in [0.2, 0.25) is 0 Å². The number of ether oxygens (including phenoxy) is 1. The predicted octanol–water partition coefficient (Wildman–Crippen LogP) is 4.01. The Morgan fingerprint density at radius 2 is 1.84 bits per heavy atom. The van der Waals surface area contributed by atoms with Gasteiger partial charge in [-0.2, -0.15) is 0 Å². The van der Waals surface area contributed by atoms with E-state index in [4.69, 9.17) is 4.74 Å². The summed E-state index contributed by atoms with van der Waals surface area (Å²) in [5.41, 5.74) is 1.95. The van der Waals surface area contributed by atoms with Crippen molar-refractivity contribution in [3.8, 4) is 0 Å². The van der Waals surface area contributed by atoms with Crippen molar-refractivity contribution >= 4 is 5.97 Å². The molecule has 0 radical (unpaired) electrons. The number of esters is 1. The minimum absolute atomic E-state index is 0.0363. The molecule has 1 fully saturated rings. The lowest BCUT2D eigenvalue weighted by atomic mass is 9.67. The van der Waals surface area contributed by atoms with Gasteiger partial charge in [0.1, 0.15) is 0 Å². The molecule has 0 bridgehead atoms. The summed E-state index contributed by atoms with van der Waals surface area (Å²) in [6, 6.07) is 8.38. The first-order chi connectivity index (χ1) is 9.08. The van der Waals surface area contributed by atoms with Crippen LogP contribution in [0, 0.1) is 12.8 Å². The van der Waals surface area contributed by atoms with Crippen LogP contribution >= 0.6 is 0 Å². The Hall–Kier alpha value is -1.31. The van der Waals surface area contributed by atoms with Crippen LogP contribution in [0.3, 0.4) is 0 Å². The predicted molar refractivity (Wildman–Crippen MR) is 77.1 cm³/mol. The maximum Gasteiger partial charge on any atom is 0.316 e. The van der Waals surface area contributed by atoms with Crippen LogP contribution in [-0.2, 0) is 14.9 Å². The molecule has 1 saturated carbocycles. The topological polar surface area (TPSA) is 26.3 Å². The third-order valence-corrected chi connectivity index (χ3v) is 4.40. The Morgan fingerprint density at radius 1 is 1.26 bits per heavy atom. The van der Waals surface area contributed by atoms with Crippen LogP contribution in [0.4, 0.5) is 0 Å². The fraction of sp³-hybridized carbons (Fsp3) is 0.588. The molecule has 0 amide bonds. The zero-order valence-corrected chi connectivity index (χ0v) is 12.2. The van der Waals surface area contributed by atoms with Gasteiger partial charge in [0.15, 0.2) is 0 Å². The number of aryl methyl sites for hydroxylation is 1. The number of hydrogen-bond acceptors (Lipinski definition) is 2. The molecule has 2 heteroatoms. The number of benzene rings is 1. The average molecular weight is 260 g/mol. The molecule has 1 aliphatic carbocycles. The normalized spacial score (nSPS) is 27.0. The highest BCUT2D eigenvalue weighted by atomic mass is 16.5. The lowest BCUT2D eigenvalue weighted by Crippen LogP contribution is -2.40. The van der Waals surface area contributed by atoms with Crippen LogP contribution in [0.5, 0.6) is 0 Å². The second-order valence-electron chi connectivity index (χ2n) is 5.85. The highest BCUT2D eigenvalue weighted by Gasteiger charge is 2.43. The highest BCUT2D eigenvalue weighted by Crippen LogP contribution is 2.42. The van der Waals surface area contributed by atoms with Gasteiger partial charge in [-0.3, -0.25) is 4.79 Å². The van der Waals surface area contributed by atoms with E-state index in [1.165, 1.54) is 5.56 Å². The van der Waals surface area contributed by atoms with Gasteiger partial charge in [-0.05, 0) is 51.0 Å². The molecule has 0 heterocycles. The number of carbonyl (C=O) groups excluding carboxylic acids is 1. The molecule has 0 saturated heterocycles. The number of rotatable bonds is 3. The van der Waals surface area contributed by atoms with E-state index in [1.807, 2.05) is 6.92 Å². The minimum atomic E-state index is -0.407. The summed E-state index contributed by atoms with van der Waals surface area (Å²) >= 11 is 0.